The molecule has 1 aliphatic heterocycles. The molecule has 0 radical (unpaired) electrons. The van der Waals surface area contributed by atoms with Gasteiger partial charge in [-0.05, 0) is 23.3 Å². The lowest BCUT2D eigenvalue weighted by molar-refractivity contribution is -0.157. The van der Waals surface area contributed by atoms with Crippen LogP contribution in [-0.2, 0) is 32.1 Å². The van der Waals surface area contributed by atoms with Gasteiger partial charge in [-0.15, -0.1) is 0 Å². The van der Waals surface area contributed by atoms with E-state index in [1.54, 1.807) is 31.4 Å². The smallest absolute Gasteiger partial charge is 0.325 e. The van der Waals surface area contributed by atoms with Crippen molar-refractivity contribution in [3.05, 3.63) is 65.7 Å². The number of nitrogens with one attached hydrogen (secondary N) is 1. The van der Waals surface area contributed by atoms with Crippen LogP contribution in [0.3, 0.4) is 0 Å². The molecular formula is C21H22N2O5. The normalized spacial score (nSPS) is 15.5. The average molecular weight is 382 g/mol. The second-order valence-corrected chi connectivity index (χ2v) is 6.51. The highest BCUT2D eigenvalue weighted by molar-refractivity contribution is 5.94. The highest BCUT2D eigenvalue weighted by atomic mass is 16.5. The summed E-state index contributed by atoms with van der Waals surface area (Å²) in [6, 6.07) is 15.9. The van der Waals surface area contributed by atoms with Gasteiger partial charge in [-0.2, -0.15) is 0 Å². The van der Waals surface area contributed by atoms with Crippen LogP contribution in [-0.4, -0.2) is 48.9 Å². The Kier molecular flexibility index (Phi) is 6.26. The van der Waals surface area contributed by atoms with E-state index in [0.717, 1.165) is 16.9 Å². The number of methoxy groups -OCH3 is 1. The zero-order valence-electron chi connectivity index (χ0n) is 15.6. The van der Waals surface area contributed by atoms with Gasteiger partial charge in [0.25, 0.3) is 0 Å². The zero-order chi connectivity index (χ0) is 19.9. The third kappa shape index (κ3) is 5.09. The van der Waals surface area contributed by atoms with Crippen LogP contribution in [0.5, 0.6) is 5.75 Å². The largest absolute Gasteiger partial charge is 0.497 e. The van der Waals surface area contributed by atoms with E-state index in [-0.39, 0.29) is 31.4 Å². The van der Waals surface area contributed by atoms with Crippen molar-refractivity contribution in [3.63, 3.8) is 0 Å². The number of likely N-dealkylation sites (tertiary alicyclic amines) is 1. The number of esters is 1. The van der Waals surface area contributed by atoms with Gasteiger partial charge in [0.15, 0.2) is 0 Å². The fraction of sp³-hybridized carbons (Fsp3) is 0.286. The van der Waals surface area contributed by atoms with Crippen molar-refractivity contribution in [3.8, 4) is 5.75 Å². The summed E-state index contributed by atoms with van der Waals surface area (Å²) >= 11 is 0. The molecule has 1 unspecified atom stereocenters. The van der Waals surface area contributed by atoms with E-state index in [0.29, 0.717) is 6.54 Å². The molecule has 1 atom stereocenters. The topological polar surface area (TPSA) is 84.9 Å². The molecule has 1 aliphatic rings. The molecule has 0 saturated carbocycles. The van der Waals surface area contributed by atoms with E-state index < -0.39 is 12.0 Å². The first-order valence-electron chi connectivity index (χ1n) is 8.96. The van der Waals surface area contributed by atoms with Crippen molar-refractivity contribution < 1.29 is 23.9 Å². The number of carbonyl (C=O) groups is 3. The van der Waals surface area contributed by atoms with Crippen LogP contribution in [0.1, 0.15) is 11.1 Å². The quantitative estimate of drug-likeness (QED) is 0.550. The minimum absolute atomic E-state index is 0.125. The van der Waals surface area contributed by atoms with E-state index in [1.165, 1.54) is 4.90 Å². The van der Waals surface area contributed by atoms with Crippen LogP contribution >= 0.6 is 0 Å². The standard InChI is InChI=1S/C21H22N2O5/c1-27-17-9-7-16(8-10-17)14-28-20(25)13-23-12-18(21(23)26)22-19(24)11-15-5-3-2-4-6-15/h2-10,18H,11-14H2,1H3,(H,22,24). The molecule has 2 amide bonds. The maximum atomic E-state index is 12.1. The molecule has 1 fully saturated rings. The van der Waals surface area contributed by atoms with Crippen molar-refractivity contribution in [1.82, 2.24) is 10.2 Å². The van der Waals surface area contributed by atoms with E-state index in [4.69, 9.17) is 9.47 Å². The molecule has 7 heteroatoms. The lowest BCUT2D eigenvalue weighted by Crippen LogP contribution is -2.64. The summed E-state index contributed by atoms with van der Waals surface area (Å²) in [7, 11) is 1.58. The Morgan fingerprint density at radius 2 is 1.79 bits per heavy atom. The molecule has 3 rings (SSSR count). The lowest BCUT2D eigenvalue weighted by atomic mass is 10.1. The summed E-state index contributed by atoms with van der Waals surface area (Å²) in [5.74, 6) is -0.256. The fourth-order valence-corrected chi connectivity index (χ4v) is 2.86. The highest BCUT2D eigenvalue weighted by Gasteiger charge is 2.38. The molecule has 2 aromatic rings. The van der Waals surface area contributed by atoms with Crippen molar-refractivity contribution >= 4 is 17.8 Å². The Balaban J connectivity index is 1.37. The second kappa shape index (κ2) is 9.03. The predicted octanol–water partition coefficient (Wildman–Crippen LogP) is 1.31. The Morgan fingerprint density at radius 3 is 2.43 bits per heavy atom. The van der Waals surface area contributed by atoms with Crippen LogP contribution in [0.25, 0.3) is 0 Å². The number of hydrogen-bond acceptors (Lipinski definition) is 5. The maximum Gasteiger partial charge on any atom is 0.325 e. The van der Waals surface area contributed by atoms with Gasteiger partial charge >= 0.3 is 5.97 Å². The predicted molar refractivity (Wildman–Crippen MR) is 101 cm³/mol. The fourth-order valence-electron chi connectivity index (χ4n) is 2.86. The molecule has 1 N–H and O–H groups in total. The number of benzene rings is 2. The molecule has 0 bridgehead atoms. The monoisotopic (exact) mass is 382 g/mol. The van der Waals surface area contributed by atoms with Gasteiger partial charge in [0, 0.05) is 0 Å². The summed E-state index contributed by atoms with van der Waals surface area (Å²) in [6.45, 7) is 0.305. The van der Waals surface area contributed by atoms with Crippen LogP contribution in [0.4, 0.5) is 0 Å². The van der Waals surface area contributed by atoms with Gasteiger partial charge in [0.05, 0.1) is 20.1 Å². The van der Waals surface area contributed by atoms with Crippen molar-refractivity contribution in [2.45, 2.75) is 19.1 Å². The van der Waals surface area contributed by atoms with E-state index in [2.05, 4.69) is 5.32 Å². The SMILES string of the molecule is COc1ccc(COC(=O)CN2CC(NC(=O)Cc3ccccc3)C2=O)cc1. The molecule has 0 spiro atoms. The maximum absolute atomic E-state index is 12.1. The summed E-state index contributed by atoms with van der Waals surface area (Å²) in [4.78, 5) is 37.4. The minimum atomic E-state index is -0.578. The Labute approximate surface area is 163 Å². The number of nitrogens with zero attached hydrogens (tertiary/aromatic N) is 1. The van der Waals surface area contributed by atoms with Gasteiger partial charge in [-0.25, -0.2) is 0 Å². The second-order valence-electron chi connectivity index (χ2n) is 6.51. The van der Waals surface area contributed by atoms with Gasteiger partial charge in [0.2, 0.25) is 11.8 Å². The van der Waals surface area contributed by atoms with Crippen LogP contribution < -0.4 is 10.1 Å². The number of β-lactam (4-membered cyclic amide) rings is 1. The molecule has 7 nitrogen and oxygen atoms in total. The molecule has 146 valence electrons. The van der Waals surface area contributed by atoms with E-state index >= 15 is 0 Å². The average Bonchev–Trinajstić information content (AvgIpc) is 2.72. The van der Waals surface area contributed by atoms with Crippen LogP contribution in [0.15, 0.2) is 54.6 Å². The minimum Gasteiger partial charge on any atom is -0.497 e. The summed E-state index contributed by atoms with van der Waals surface area (Å²) in [5, 5.41) is 2.69. The highest BCUT2D eigenvalue weighted by Crippen LogP contribution is 2.13. The van der Waals surface area contributed by atoms with Gasteiger partial charge in [-0.3, -0.25) is 14.4 Å². The molecule has 0 aliphatic carbocycles. The first-order valence-corrected chi connectivity index (χ1v) is 8.96. The van der Waals surface area contributed by atoms with Crippen molar-refractivity contribution in [2.24, 2.45) is 0 Å². The number of hydrogen-bond donors (Lipinski definition) is 1. The Morgan fingerprint density at radius 1 is 1.07 bits per heavy atom. The van der Waals surface area contributed by atoms with Gasteiger partial charge in [-0.1, -0.05) is 42.5 Å². The third-order valence-electron chi connectivity index (χ3n) is 4.43. The molecule has 2 aromatic carbocycles. The molecule has 0 aromatic heterocycles. The lowest BCUT2D eigenvalue weighted by Gasteiger charge is -2.37. The van der Waals surface area contributed by atoms with E-state index in [9.17, 15) is 14.4 Å². The number of ether oxygens (including phenoxy) is 2. The van der Waals surface area contributed by atoms with Crippen LogP contribution in [0, 0.1) is 0 Å². The number of carbonyl (C=O) groups excluding carboxylic acids is 3. The first-order chi connectivity index (χ1) is 13.5. The number of rotatable bonds is 8. The van der Waals surface area contributed by atoms with E-state index in [1.807, 2.05) is 30.3 Å². The van der Waals surface area contributed by atoms with Gasteiger partial charge in [0.1, 0.15) is 24.9 Å². The van der Waals surface area contributed by atoms with Gasteiger partial charge < -0.3 is 19.7 Å². The Hall–Kier alpha value is -3.35. The zero-order valence-corrected chi connectivity index (χ0v) is 15.6. The van der Waals surface area contributed by atoms with Crippen molar-refractivity contribution in [2.75, 3.05) is 20.2 Å². The van der Waals surface area contributed by atoms with Crippen LogP contribution in [0.2, 0.25) is 0 Å². The summed E-state index contributed by atoms with van der Waals surface area (Å²) < 4.78 is 10.3. The molecular weight excluding hydrogens is 360 g/mol. The molecule has 28 heavy (non-hydrogen) atoms. The summed E-state index contributed by atoms with van der Waals surface area (Å²) in [6.07, 6.45) is 0.217. The Bertz CT molecular complexity index is 836. The number of amides is 2. The van der Waals surface area contributed by atoms with Crippen molar-refractivity contribution in [1.29, 1.82) is 0 Å². The first kappa shape index (κ1) is 19.4. The molecule has 1 saturated heterocycles. The summed E-state index contributed by atoms with van der Waals surface area (Å²) in [5.41, 5.74) is 1.71. The molecule has 1 heterocycles. The third-order valence-corrected chi connectivity index (χ3v) is 4.43.